The van der Waals surface area contributed by atoms with E-state index in [-0.39, 0.29) is 5.57 Å². The van der Waals surface area contributed by atoms with E-state index in [4.69, 9.17) is 24.6 Å². The number of nitrogens with zero attached hydrogens (tertiary/aromatic N) is 1. The summed E-state index contributed by atoms with van der Waals surface area (Å²) >= 11 is 0. The summed E-state index contributed by atoms with van der Waals surface area (Å²) in [5.41, 5.74) is 2.38. The van der Waals surface area contributed by atoms with Crippen molar-refractivity contribution in [1.82, 2.24) is 0 Å². The Morgan fingerprint density at radius 2 is 1.75 bits per heavy atom. The predicted octanol–water partition coefficient (Wildman–Crippen LogP) is 4.15. The van der Waals surface area contributed by atoms with E-state index < -0.39 is 5.97 Å². The van der Waals surface area contributed by atoms with E-state index in [0.29, 0.717) is 36.9 Å². The van der Waals surface area contributed by atoms with Crippen LogP contribution in [-0.4, -0.2) is 30.9 Å². The van der Waals surface area contributed by atoms with Crippen LogP contribution in [0.5, 0.6) is 17.2 Å². The van der Waals surface area contributed by atoms with Crippen molar-refractivity contribution >= 4 is 12.0 Å². The van der Waals surface area contributed by atoms with Gasteiger partial charge in [-0.3, -0.25) is 0 Å². The molecule has 0 fully saturated rings. The first kappa shape index (κ1) is 20.8. The van der Waals surface area contributed by atoms with Gasteiger partial charge in [0.25, 0.3) is 0 Å². The maximum absolute atomic E-state index is 11.0. The fourth-order valence-corrected chi connectivity index (χ4v) is 2.48. The Hall–Kier alpha value is -3.46. The van der Waals surface area contributed by atoms with E-state index >= 15 is 0 Å². The average Bonchev–Trinajstić information content (AvgIpc) is 2.67. The smallest absolute Gasteiger partial charge is 0.346 e. The first-order valence-electron chi connectivity index (χ1n) is 8.89. The van der Waals surface area contributed by atoms with Gasteiger partial charge in [0.1, 0.15) is 30.6 Å². The summed E-state index contributed by atoms with van der Waals surface area (Å²) in [6, 6.07) is 12.7. The first-order valence-corrected chi connectivity index (χ1v) is 8.89. The maximum atomic E-state index is 11.0. The zero-order valence-electron chi connectivity index (χ0n) is 16.2. The van der Waals surface area contributed by atoms with Crippen molar-refractivity contribution in [3.8, 4) is 23.3 Å². The standard InChI is InChI=1S/C22H23NO5/c1-4-26-21-13-17(12-18(14-23)22(24)25)7-8-19(21)27-9-10-28-20-11-15(2)5-6-16(20)3/h5-8,11-13H,4,9-10H2,1-3H3,(H,24,25). The SMILES string of the molecule is CCOc1cc(C=C(C#N)C(=O)O)ccc1OCCOc1cc(C)ccc1C. The second-order valence-electron chi connectivity index (χ2n) is 6.08. The monoisotopic (exact) mass is 381 g/mol. The molecule has 146 valence electrons. The van der Waals surface area contributed by atoms with Crippen LogP contribution in [0.4, 0.5) is 0 Å². The van der Waals surface area contributed by atoms with Crippen molar-refractivity contribution in [3.63, 3.8) is 0 Å². The number of hydrogen-bond acceptors (Lipinski definition) is 5. The molecule has 28 heavy (non-hydrogen) atoms. The summed E-state index contributed by atoms with van der Waals surface area (Å²) in [6.45, 7) is 6.95. The zero-order valence-corrected chi connectivity index (χ0v) is 16.2. The Morgan fingerprint density at radius 3 is 2.39 bits per heavy atom. The van der Waals surface area contributed by atoms with E-state index in [1.54, 1.807) is 24.3 Å². The molecular weight excluding hydrogens is 358 g/mol. The Balaban J connectivity index is 2.05. The summed E-state index contributed by atoms with van der Waals surface area (Å²) in [4.78, 5) is 11.0. The number of benzene rings is 2. The second-order valence-corrected chi connectivity index (χ2v) is 6.08. The van der Waals surface area contributed by atoms with Crippen LogP contribution in [0, 0.1) is 25.2 Å². The van der Waals surface area contributed by atoms with Gasteiger partial charge in [0.2, 0.25) is 0 Å². The molecule has 0 aliphatic rings. The van der Waals surface area contributed by atoms with E-state index in [9.17, 15) is 4.79 Å². The van der Waals surface area contributed by atoms with Gasteiger partial charge in [0, 0.05) is 0 Å². The number of rotatable bonds is 9. The number of carboxylic acid groups (broad SMARTS) is 1. The van der Waals surface area contributed by atoms with Gasteiger partial charge >= 0.3 is 5.97 Å². The molecule has 0 atom stereocenters. The summed E-state index contributed by atoms with van der Waals surface area (Å²) in [5.74, 6) is 0.555. The van der Waals surface area contributed by atoms with Crippen molar-refractivity contribution in [2.75, 3.05) is 19.8 Å². The second kappa shape index (κ2) is 10.0. The molecule has 0 amide bonds. The number of carbonyl (C=O) groups is 1. The summed E-state index contributed by atoms with van der Waals surface area (Å²) in [5, 5.41) is 17.9. The third-order valence-electron chi connectivity index (χ3n) is 3.87. The average molecular weight is 381 g/mol. The van der Waals surface area contributed by atoms with Gasteiger partial charge in [-0.15, -0.1) is 0 Å². The number of nitriles is 1. The molecule has 6 heteroatoms. The Bertz CT molecular complexity index is 912. The van der Waals surface area contributed by atoms with Crippen LogP contribution in [0.1, 0.15) is 23.6 Å². The molecule has 6 nitrogen and oxygen atoms in total. The van der Waals surface area contributed by atoms with Crippen LogP contribution in [0.2, 0.25) is 0 Å². The molecule has 1 N–H and O–H groups in total. The van der Waals surface area contributed by atoms with Gasteiger partial charge in [0.05, 0.1) is 6.61 Å². The van der Waals surface area contributed by atoms with Crippen molar-refractivity contribution in [1.29, 1.82) is 5.26 Å². The highest BCUT2D eigenvalue weighted by Gasteiger charge is 2.10. The first-order chi connectivity index (χ1) is 13.4. The molecule has 0 heterocycles. The molecule has 0 unspecified atom stereocenters. The highest BCUT2D eigenvalue weighted by Crippen LogP contribution is 2.29. The molecule has 0 aliphatic heterocycles. The fourth-order valence-electron chi connectivity index (χ4n) is 2.48. The van der Waals surface area contributed by atoms with Gasteiger partial charge in [-0.2, -0.15) is 5.26 Å². The zero-order chi connectivity index (χ0) is 20.5. The molecule has 2 aromatic carbocycles. The minimum Gasteiger partial charge on any atom is -0.490 e. The Kier molecular flexibility index (Phi) is 7.46. The number of aliphatic carboxylic acids is 1. The van der Waals surface area contributed by atoms with Crippen molar-refractivity contribution in [2.24, 2.45) is 0 Å². The van der Waals surface area contributed by atoms with Crippen molar-refractivity contribution in [2.45, 2.75) is 20.8 Å². The van der Waals surface area contributed by atoms with E-state index in [2.05, 4.69) is 0 Å². The van der Waals surface area contributed by atoms with E-state index in [0.717, 1.165) is 16.9 Å². The van der Waals surface area contributed by atoms with Crippen LogP contribution in [0.15, 0.2) is 42.0 Å². The summed E-state index contributed by atoms with van der Waals surface area (Å²) < 4.78 is 17.1. The molecule has 2 rings (SSSR count). The third kappa shape index (κ3) is 5.78. The molecule has 2 aromatic rings. The molecule has 0 saturated carbocycles. The maximum Gasteiger partial charge on any atom is 0.346 e. The van der Waals surface area contributed by atoms with Crippen molar-refractivity contribution < 1.29 is 24.1 Å². The molecule has 0 spiro atoms. The van der Waals surface area contributed by atoms with E-state index in [1.807, 2.05) is 39.0 Å². The number of carboxylic acids is 1. The Morgan fingerprint density at radius 1 is 1.04 bits per heavy atom. The highest BCUT2D eigenvalue weighted by molar-refractivity contribution is 5.96. The lowest BCUT2D eigenvalue weighted by molar-refractivity contribution is -0.132. The van der Waals surface area contributed by atoms with Gasteiger partial charge in [-0.05, 0) is 61.7 Å². The largest absolute Gasteiger partial charge is 0.490 e. The van der Waals surface area contributed by atoms with Crippen molar-refractivity contribution in [3.05, 3.63) is 58.7 Å². The minimum absolute atomic E-state index is 0.321. The van der Waals surface area contributed by atoms with Crippen LogP contribution in [0.3, 0.4) is 0 Å². The lowest BCUT2D eigenvalue weighted by Gasteiger charge is -2.14. The predicted molar refractivity (Wildman–Crippen MR) is 106 cm³/mol. The minimum atomic E-state index is -1.27. The fraction of sp³-hybridized carbons (Fsp3) is 0.273. The van der Waals surface area contributed by atoms with E-state index in [1.165, 1.54) is 6.08 Å². The molecule has 0 radical (unpaired) electrons. The number of aryl methyl sites for hydroxylation is 2. The van der Waals surface area contributed by atoms with Crippen LogP contribution < -0.4 is 14.2 Å². The van der Waals surface area contributed by atoms with Crippen LogP contribution in [0.25, 0.3) is 6.08 Å². The molecule has 0 saturated heterocycles. The molecule has 0 aromatic heterocycles. The van der Waals surface area contributed by atoms with Gasteiger partial charge < -0.3 is 19.3 Å². The molecule has 0 aliphatic carbocycles. The molecular formula is C22H23NO5. The van der Waals surface area contributed by atoms with Crippen LogP contribution >= 0.6 is 0 Å². The van der Waals surface area contributed by atoms with Crippen LogP contribution in [-0.2, 0) is 4.79 Å². The quantitative estimate of drug-likeness (QED) is 0.399. The normalized spacial score (nSPS) is 10.9. The van der Waals surface area contributed by atoms with Gasteiger partial charge in [-0.25, -0.2) is 4.79 Å². The third-order valence-corrected chi connectivity index (χ3v) is 3.87. The number of hydrogen-bond donors (Lipinski definition) is 1. The lowest BCUT2D eigenvalue weighted by Crippen LogP contribution is -2.10. The highest BCUT2D eigenvalue weighted by atomic mass is 16.5. The van der Waals surface area contributed by atoms with Gasteiger partial charge in [-0.1, -0.05) is 18.2 Å². The van der Waals surface area contributed by atoms with Gasteiger partial charge in [0.15, 0.2) is 11.5 Å². The lowest BCUT2D eigenvalue weighted by atomic mass is 10.1. The Labute approximate surface area is 164 Å². The number of ether oxygens (including phenoxy) is 3. The topological polar surface area (TPSA) is 88.8 Å². The summed E-state index contributed by atoms with van der Waals surface area (Å²) in [7, 11) is 0. The summed E-state index contributed by atoms with van der Waals surface area (Å²) in [6.07, 6.45) is 1.29. The molecule has 0 bridgehead atoms.